The second-order valence-electron chi connectivity index (χ2n) is 5.32. The summed E-state index contributed by atoms with van der Waals surface area (Å²) in [6.45, 7) is 0.745. The van der Waals surface area contributed by atoms with E-state index in [4.69, 9.17) is 0 Å². The van der Waals surface area contributed by atoms with Crippen LogP contribution in [0.15, 0.2) is 20.3 Å². The summed E-state index contributed by atoms with van der Waals surface area (Å²) >= 11 is 3.17. The maximum atomic E-state index is 11.7. The molecule has 0 spiro atoms. The molecule has 0 aliphatic heterocycles. The largest absolute Gasteiger partial charge is 0.328 e. The van der Waals surface area contributed by atoms with E-state index >= 15 is 0 Å². The first kappa shape index (κ1) is 11.3. The lowest BCUT2D eigenvalue weighted by molar-refractivity contribution is 0.291. The average molecular weight is 299 g/mol. The quantitative estimate of drug-likeness (QED) is 0.904. The number of nitrogens with one attached hydrogen (secondary N) is 1. The molecule has 0 saturated heterocycles. The van der Waals surface area contributed by atoms with Gasteiger partial charge in [-0.05, 0) is 52.9 Å². The molecule has 1 aromatic rings. The smallest absolute Gasteiger partial charge is 0.299 e. The molecule has 3 atom stereocenters. The maximum absolute atomic E-state index is 11.7. The van der Waals surface area contributed by atoms with E-state index in [0.29, 0.717) is 10.4 Å². The standard InChI is InChI=1S/C12H15BrN2O2/c13-10-6-15(12(17)14-11(10)16)5-9-4-7-1-2-8(9)3-7/h6-9H,1-5H2,(H,14,16,17). The highest BCUT2D eigenvalue weighted by Crippen LogP contribution is 2.48. The zero-order chi connectivity index (χ0) is 12.0. The average Bonchev–Trinajstić information content (AvgIpc) is 2.87. The molecule has 4 nitrogen and oxygen atoms in total. The molecule has 2 fully saturated rings. The van der Waals surface area contributed by atoms with Crippen LogP contribution in [0.1, 0.15) is 25.7 Å². The van der Waals surface area contributed by atoms with E-state index in [2.05, 4.69) is 20.9 Å². The fraction of sp³-hybridized carbons (Fsp3) is 0.667. The first-order valence-electron chi connectivity index (χ1n) is 6.13. The summed E-state index contributed by atoms with van der Waals surface area (Å²) < 4.78 is 2.07. The van der Waals surface area contributed by atoms with Gasteiger partial charge in [-0.25, -0.2) is 4.79 Å². The van der Waals surface area contributed by atoms with E-state index in [1.54, 1.807) is 10.8 Å². The molecular weight excluding hydrogens is 284 g/mol. The lowest BCUT2D eigenvalue weighted by Crippen LogP contribution is -2.32. The SMILES string of the molecule is O=c1[nH]c(=O)n(CC2CC3CCC2C3)cc1Br. The van der Waals surface area contributed by atoms with Crippen LogP contribution in [0.4, 0.5) is 0 Å². The van der Waals surface area contributed by atoms with Crippen molar-refractivity contribution >= 4 is 15.9 Å². The van der Waals surface area contributed by atoms with Crippen molar-refractivity contribution in [2.75, 3.05) is 0 Å². The Balaban J connectivity index is 1.84. The van der Waals surface area contributed by atoms with E-state index in [0.717, 1.165) is 18.4 Å². The monoisotopic (exact) mass is 298 g/mol. The number of aromatic amines is 1. The predicted molar refractivity (Wildman–Crippen MR) is 68.0 cm³/mol. The number of aromatic nitrogens is 2. The van der Waals surface area contributed by atoms with Crippen LogP contribution in [0.5, 0.6) is 0 Å². The van der Waals surface area contributed by atoms with Crippen LogP contribution in [-0.2, 0) is 6.54 Å². The summed E-state index contributed by atoms with van der Waals surface area (Å²) in [4.78, 5) is 25.2. The van der Waals surface area contributed by atoms with Gasteiger partial charge in [0.25, 0.3) is 5.56 Å². The van der Waals surface area contributed by atoms with Gasteiger partial charge in [-0.2, -0.15) is 0 Å². The molecule has 1 heterocycles. The molecule has 1 N–H and O–H groups in total. The van der Waals surface area contributed by atoms with Crippen LogP contribution in [0, 0.1) is 17.8 Å². The summed E-state index contributed by atoms with van der Waals surface area (Å²) in [7, 11) is 0. The van der Waals surface area contributed by atoms with Gasteiger partial charge in [0.15, 0.2) is 0 Å². The van der Waals surface area contributed by atoms with E-state index in [9.17, 15) is 9.59 Å². The Bertz CT molecular complexity index is 548. The van der Waals surface area contributed by atoms with E-state index in [1.165, 1.54) is 25.7 Å². The van der Waals surface area contributed by atoms with Gasteiger partial charge in [-0.3, -0.25) is 14.3 Å². The molecule has 17 heavy (non-hydrogen) atoms. The minimum Gasteiger partial charge on any atom is -0.299 e. The highest BCUT2D eigenvalue weighted by atomic mass is 79.9. The number of fused-ring (bicyclic) bond motifs is 2. The van der Waals surface area contributed by atoms with E-state index < -0.39 is 0 Å². The third kappa shape index (κ3) is 2.01. The molecule has 2 aliphatic rings. The highest BCUT2D eigenvalue weighted by molar-refractivity contribution is 9.10. The van der Waals surface area contributed by atoms with Crippen molar-refractivity contribution in [1.29, 1.82) is 0 Å². The Hall–Kier alpha value is -0.840. The molecule has 3 rings (SSSR count). The fourth-order valence-corrected chi connectivity index (χ4v) is 3.82. The van der Waals surface area contributed by atoms with Crippen molar-refractivity contribution in [3.63, 3.8) is 0 Å². The predicted octanol–water partition coefficient (Wildman–Crippen LogP) is 1.74. The molecule has 2 bridgehead atoms. The Morgan fingerprint density at radius 1 is 1.35 bits per heavy atom. The first-order chi connectivity index (χ1) is 8.13. The number of H-pyrrole nitrogens is 1. The van der Waals surface area contributed by atoms with E-state index in [1.807, 2.05) is 0 Å². The minimum atomic E-state index is -0.348. The summed E-state index contributed by atoms with van der Waals surface area (Å²) in [5.41, 5.74) is -0.639. The number of nitrogens with zero attached hydrogens (tertiary/aromatic N) is 1. The summed E-state index contributed by atoms with van der Waals surface area (Å²) in [5, 5.41) is 0. The highest BCUT2D eigenvalue weighted by Gasteiger charge is 2.39. The van der Waals surface area contributed by atoms with Gasteiger partial charge in [-0.15, -0.1) is 0 Å². The van der Waals surface area contributed by atoms with Crippen LogP contribution >= 0.6 is 15.9 Å². The van der Waals surface area contributed by atoms with E-state index in [-0.39, 0.29) is 11.2 Å². The van der Waals surface area contributed by atoms with Crippen molar-refractivity contribution in [3.8, 4) is 0 Å². The molecule has 5 heteroatoms. The number of hydrogen-bond donors (Lipinski definition) is 1. The fourth-order valence-electron chi connectivity index (χ4n) is 3.47. The lowest BCUT2D eigenvalue weighted by atomic mass is 9.89. The van der Waals surface area contributed by atoms with Gasteiger partial charge >= 0.3 is 5.69 Å². The van der Waals surface area contributed by atoms with Crippen molar-refractivity contribution in [1.82, 2.24) is 9.55 Å². The van der Waals surface area contributed by atoms with Gasteiger partial charge in [-0.1, -0.05) is 6.42 Å². The van der Waals surface area contributed by atoms with Crippen molar-refractivity contribution in [3.05, 3.63) is 31.5 Å². The molecule has 2 saturated carbocycles. The molecule has 0 amide bonds. The molecular formula is C12H15BrN2O2. The zero-order valence-electron chi connectivity index (χ0n) is 9.49. The van der Waals surface area contributed by atoms with Gasteiger partial charge in [0.2, 0.25) is 0 Å². The topological polar surface area (TPSA) is 54.9 Å². The second-order valence-corrected chi connectivity index (χ2v) is 6.18. The van der Waals surface area contributed by atoms with Gasteiger partial charge in [0.1, 0.15) is 0 Å². The Morgan fingerprint density at radius 3 is 2.82 bits per heavy atom. The van der Waals surface area contributed by atoms with Crippen LogP contribution < -0.4 is 11.2 Å². The third-order valence-electron chi connectivity index (χ3n) is 4.28. The van der Waals surface area contributed by atoms with Gasteiger partial charge in [0.05, 0.1) is 4.47 Å². The van der Waals surface area contributed by atoms with Crippen LogP contribution in [0.3, 0.4) is 0 Å². The van der Waals surface area contributed by atoms with Crippen molar-refractivity contribution in [2.45, 2.75) is 32.2 Å². The molecule has 0 aromatic carbocycles. The molecule has 0 radical (unpaired) electrons. The Morgan fingerprint density at radius 2 is 2.18 bits per heavy atom. The van der Waals surface area contributed by atoms with Crippen molar-refractivity contribution in [2.24, 2.45) is 17.8 Å². The number of rotatable bonds is 2. The summed E-state index contributed by atoms with van der Waals surface area (Å²) in [6, 6.07) is 0. The molecule has 3 unspecified atom stereocenters. The zero-order valence-corrected chi connectivity index (χ0v) is 11.1. The maximum Gasteiger partial charge on any atom is 0.328 e. The van der Waals surface area contributed by atoms with Crippen LogP contribution in [-0.4, -0.2) is 9.55 Å². The minimum absolute atomic E-state index is 0.291. The normalized spacial score (nSPS) is 31.0. The van der Waals surface area contributed by atoms with Gasteiger partial charge in [0, 0.05) is 12.7 Å². The lowest BCUT2D eigenvalue weighted by Gasteiger charge is -2.22. The summed E-state index contributed by atoms with van der Waals surface area (Å²) in [6.07, 6.45) is 6.88. The first-order valence-corrected chi connectivity index (χ1v) is 6.92. The molecule has 2 aliphatic carbocycles. The Kier molecular flexibility index (Phi) is 2.73. The summed E-state index contributed by atoms with van der Waals surface area (Å²) in [5.74, 6) is 2.29. The second kappa shape index (κ2) is 4.12. The third-order valence-corrected chi connectivity index (χ3v) is 4.85. The molecule has 92 valence electrons. The van der Waals surface area contributed by atoms with Gasteiger partial charge < -0.3 is 0 Å². The van der Waals surface area contributed by atoms with Crippen LogP contribution in [0.2, 0.25) is 0 Å². The number of hydrogen-bond acceptors (Lipinski definition) is 2. The Labute approximate surface area is 107 Å². The number of halogens is 1. The molecule has 1 aromatic heterocycles. The van der Waals surface area contributed by atoms with Crippen LogP contribution in [0.25, 0.3) is 0 Å². The van der Waals surface area contributed by atoms with Crippen molar-refractivity contribution < 1.29 is 0 Å².